The van der Waals surface area contributed by atoms with Gasteiger partial charge in [-0.2, -0.15) is 4.68 Å². The van der Waals surface area contributed by atoms with Crippen LogP contribution < -0.4 is 5.73 Å². The monoisotopic (exact) mass is 277 g/mol. The molecule has 0 bridgehead atoms. The highest BCUT2D eigenvalue weighted by molar-refractivity contribution is 5.62. The quantitative estimate of drug-likeness (QED) is 0.730. The molecule has 0 radical (unpaired) electrons. The van der Waals surface area contributed by atoms with Gasteiger partial charge < -0.3 is 5.73 Å². The summed E-state index contributed by atoms with van der Waals surface area (Å²) in [4.78, 5) is 0. The van der Waals surface area contributed by atoms with Crippen molar-refractivity contribution in [2.24, 2.45) is 0 Å². The van der Waals surface area contributed by atoms with Crippen molar-refractivity contribution in [1.82, 2.24) is 20.2 Å². The smallest absolute Gasteiger partial charge is 0.187 e. The van der Waals surface area contributed by atoms with Crippen LogP contribution in [0.2, 0.25) is 0 Å². The third-order valence-corrected chi connectivity index (χ3v) is 3.94. The van der Waals surface area contributed by atoms with Crippen LogP contribution in [0.4, 0.5) is 5.69 Å². The average molecular weight is 277 g/mol. The lowest BCUT2D eigenvalue weighted by Gasteiger charge is -2.07. The van der Waals surface area contributed by atoms with Crippen molar-refractivity contribution < 1.29 is 0 Å². The molecule has 4 rings (SSSR count). The number of aromatic nitrogens is 4. The molecule has 21 heavy (non-hydrogen) atoms. The number of aryl methyl sites for hydroxylation is 2. The Balaban J connectivity index is 1.82. The molecular weight excluding hydrogens is 262 g/mol. The summed E-state index contributed by atoms with van der Waals surface area (Å²) >= 11 is 0. The summed E-state index contributed by atoms with van der Waals surface area (Å²) in [5, 5.41) is 12.1. The van der Waals surface area contributed by atoms with Gasteiger partial charge in [0, 0.05) is 11.3 Å². The van der Waals surface area contributed by atoms with Gasteiger partial charge in [-0.1, -0.05) is 18.2 Å². The van der Waals surface area contributed by atoms with E-state index in [0.717, 1.165) is 17.7 Å². The fourth-order valence-electron chi connectivity index (χ4n) is 2.91. The second-order valence-electron chi connectivity index (χ2n) is 5.35. The Morgan fingerprint density at radius 3 is 2.81 bits per heavy atom. The Morgan fingerprint density at radius 2 is 1.90 bits per heavy atom. The minimum absolute atomic E-state index is 0.705. The highest BCUT2D eigenvalue weighted by atomic mass is 15.5. The lowest BCUT2D eigenvalue weighted by atomic mass is 10.1. The minimum Gasteiger partial charge on any atom is -0.399 e. The van der Waals surface area contributed by atoms with Crippen LogP contribution in [-0.2, 0) is 12.8 Å². The maximum Gasteiger partial charge on any atom is 0.187 e. The predicted octanol–water partition coefficient (Wildman–Crippen LogP) is 2.40. The van der Waals surface area contributed by atoms with Gasteiger partial charge in [-0.25, -0.2) is 0 Å². The van der Waals surface area contributed by atoms with E-state index < -0.39 is 0 Å². The number of nitrogen functional groups attached to an aromatic ring is 1. The second-order valence-corrected chi connectivity index (χ2v) is 5.35. The molecule has 1 aliphatic carbocycles. The van der Waals surface area contributed by atoms with Crippen molar-refractivity contribution in [2.45, 2.75) is 19.3 Å². The van der Waals surface area contributed by atoms with Gasteiger partial charge in [0.15, 0.2) is 5.82 Å². The summed E-state index contributed by atoms with van der Waals surface area (Å²) in [6.07, 6.45) is 3.54. The summed E-state index contributed by atoms with van der Waals surface area (Å²) in [5.41, 5.74) is 11.3. The normalized spacial score (nSPS) is 13.3. The van der Waals surface area contributed by atoms with E-state index >= 15 is 0 Å². The fraction of sp³-hybridized carbons (Fsp3) is 0.188. The second kappa shape index (κ2) is 4.70. The first-order valence-corrected chi connectivity index (χ1v) is 7.08. The molecule has 0 amide bonds. The molecule has 5 nitrogen and oxygen atoms in total. The fourth-order valence-corrected chi connectivity index (χ4v) is 2.91. The van der Waals surface area contributed by atoms with Crippen molar-refractivity contribution in [3.8, 4) is 17.1 Å². The molecule has 2 N–H and O–H groups in total. The molecule has 0 fully saturated rings. The average Bonchev–Trinajstić information content (AvgIpc) is 3.15. The van der Waals surface area contributed by atoms with Gasteiger partial charge in [0.2, 0.25) is 0 Å². The number of nitrogens with two attached hydrogens (primary N) is 1. The van der Waals surface area contributed by atoms with Gasteiger partial charge in [0.25, 0.3) is 0 Å². The number of hydrogen-bond acceptors (Lipinski definition) is 4. The van der Waals surface area contributed by atoms with E-state index in [1.54, 1.807) is 4.68 Å². The molecule has 1 heterocycles. The zero-order valence-electron chi connectivity index (χ0n) is 11.5. The molecule has 0 atom stereocenters. The number of nitrogens with zero attached hydrogens (tertiary/aromatic N) is 4. The maximum atomic E-state index is 5.85. The van der Waals surface area contributed by atoms with E-state index in [1.165, 1.54) is 24.0 Å². The standard InChI is InChI=1S/C16H15N5/c17-14-6-2-5-13(9-14)16-18-19-20-21(16)15-8-7-11-3-1-4-12(11)10-15/h2,5-10H,1,3-4,17H2. The lowest BCUT2D eigenvalue weighted by Crippen LogP contribution is -2.01. The summed E-state index contributed by atoms with van der Waals surface area (Å²) in [6.45, 7) is 0. The Morgan fingerprint density at radius 1 is 1.00 bits per heavy atom. The van der Waals surface area contributed by atoms with Gasteiger partial charge in [-0.15, -0.1) is 5.10 Å². The van der Waals surface area contributed by atoms with Crippen molar-refractivity contribution >= 4 is 5.69 Å². The topological polar surface area (TPSA) is 69.6 Å². The van der Waals surface area contributed by atoms with Gasteiger partial charge in [0.05, 0.1) is 5.69 Å². The van der Waals surface area contributed by atoms with E-state index in [4.69, 9.17) is 5.73 Å². The largest absolute Gasteiger partial charge is 0.399 e. The highest BCUT2D eigenvalue weighted by Gasteiger charge is 2.15. The Kier molecular flexibility index (Phi) is 2.70. The van der Waals surface area contributed by atoms with Gasteiger partial charge >= 0.3 is 0 Å². The predicted molar refractivity (Wildman–Crippen MR) is 81.0 cm³/mol. The van der Waals surface area contributed by atoms with Crippen LogP contribution in [0, 0.1) is 0 Å². The molecule has 5 heteroatoms. The van der Waals surface area contributed by atoms with E-state index in [2.05, 4.69) is 33.7 Å². The first kappa shape index (κ1) is 12.1. The zero-order chi connectivity index (χ0) is 14.2. The Hall–Kier alpha value is -2.69. The summed E-state index contributed by atoms with van der Waals surface area (Å²) in [5.74, 6) is 0.709. The van der Waals surface area contributed by atoms with Crippen LogP contribution in [0.3, 0.4) is 0 Å². The van der Waals surface area contributed by atoms with Crippen LogP contribution in [0.15, 0.2) is 42.5 Å². The molecule has 104 valence electrons. The molecule has 0 spiro atoms. The molecule has 0 saturated carbocycles. The first-order valence-electron chi connectivity index (χ1n) is 7.08. The molecule has 3 aromatic rings. The number of rotatable bonds is 2. The zero-order valence-corrected chi connectivity index (χ0v) is 11.5. The Bertz CT molecular complexity index is 806. The van der Waals surface area contributed by atoms with Gasteiger partial charge in [0.1, 0.15) is 0 Å². The molecule has 0 aliphatic heterocycles. The number of tetrazole rings is 1. The number of hydrogen-bond donors (Lipinski definition) is 1. The van der Waals surface area contributed by atoms with Gasteiger partial charge in [-0.05, 0) is 65.1 Å². The van der Waals surface area contributed by atoms with Crippen LogP contribution >= 0.6 is 0 Å². The number of anilines is 1. The molecule has 1 aromatic heterocycles. The van der Waals surface area contributed by atoms with Gasteiger partial charge in [-0.3, -0.25) is 0 Å². The third-order valence-electron chi connectivity index (χ3n) is 3.94. The third kappa shape index (κ3) is 2.07. The van der Waals surface area contributed by atoms with Crippen LogP contribution in [-0.4, -0.2) is 20.2 Å². The number of benzene rings is 2. The first-order chi connectivity index (χ1) is 10.3. The molecule has 1 aliphatic rings. The summed E-state index contributed by atoms with van der Waals surface area (Å²) in [6, 6.07) is 14.1. The molecule has 0 saturated heterocycles. The van der Waals surface area contributed by atoms with E-state index in [1.807, 2.05) is 24.3 Å². The Labute approximate surface area is 122 Å². The number of fused-ring (bicyclic) bond motifs is 1. The SMILES string of the molecule is Nc1cccc(-c2nnnn2-c2ccc3c(c2)CCC3)c1. The van der Waals surface area contributed by atoms with Crippen molar-refractivity contribution in [3.05, 3.63) is 53.6 Å². The van der Waals surface area contributed by atoms with Crippen LogP contribution in [0.5, 0.6) is 0 Å². The van der Waals surface area contributed by atoms with E-state index in [-0.39, 0.29) is 0 Å². The van der Waals surface area contributed by atoms with Crippen LogP contribution in [0.1, 0.15) is 17.5 Å². The van der Waals surface area contributed by atoms with Crippen molar-refractivity contribution in [1.29, 1.82) is 0 Å². The highest BCUT2D eigenvalue weighted by Crippen LogP contribution is 2.26. The lowest BCUT2D eigenvalue weighted by molar-refractivity contribution is 0.790. The van der Waals surface area contributed by atoms with E-state index in [9.17, 15) is 0 Å². The minimum atomic E-state index is 0.705. The summed E-state index contributed by atoms with van der Waals surface area (Å²) in [7, 11) is 0. The molecule has 2 aromatic carbocycles. The van der Waals surface area contributed by atoms with Crippen LogP contribution in [0.25, 0.3) is 17.1 Å². The maximum absolute atomic E-state index is 5.85. The van der Waals surface area contributed by atoms with Crippen molar-refractivity contribution in [2.75, 3.05) is 5.73 Å². The molecular formula is C16H15N5. The molecule has 0 unspecified atom stereocenters. The van der Waals surface area contributed by atoms with Crippen molar-refractivity contribution in [3.63, 3.8) is 0 Å². The summed E-state index contributed by atoms with van der Waals surface area (Å²) < 4.78 is 1.77. The van der Waals surface area contributed by atoms with E-state index in [0.29, 0.717) is 11.5 Å².